The van der Waals surface area contributed by atoms with E-state index in [2.05, 4.69) is 56.9 Å². The Hall–Kier alpha value is -3.65. The number of fused-ring (bicyclic) bond motifs is 2. The summed E-state index contributed by atoms with van der Waals surface area (Å²) in [6, 6.07) is 17.2. The van der Waals surface area contributed by atoms with Crippen LogP contribution in [0.5, 0.6) is 0 Å². The van der Waals surface area contributed by atoms with Gasteiger partial charge >= 0.3 is 0 Å². The predicted molar refractivity (Wildman–Crippen MR) is 122 cm³/mol. The molecule has 2 aliphatic carbocycles. The fourth-order valence-corrected chi connectivity index (χ4v) is 4.79. The molecule has 6 rings (SSSR count). The van der Waals surface area contributed by atoms with Crippen LogP contribution in [0.1, 0.15) is 59.9 Å². The van der Waals surface area contributed by atoms with Gasteiger partial charge in [0.1, 0.15) is 5.69 Å². The molecule has 2 aliphatic rings. The van der Waals surface area contributed by atoms with E-state index in [0.717, 1.165) is 52.7 Å². The zero-order chi connectivity index (χ0) is 20.8. The van der Waals surface area contributed by atoms with Crippen LogP contribution in [0.3, 0.4) is 0 Å². The van der Waals surface area contributed by atoms with Crippen LogP contribution in [-0.2, 0) is 6.42 Å². The van der Waals surface area contributed by atoms with Gasteiger partial charge in [0, 0.05) is 29.0 Å². The molecule has 4 aromatic rings. The van der Waals surface area contributed by atoms with Crippen LogP contribution in [0.2, 0.25) is 0 Å². The number of nitriles is 1. The molecule has 152 valence electrons. The number of benzene rings is 2. The molecule has 2 heterocycles. The lowest BCUT2D eigenvalue weighted by atomic mass is 9.86. The van der Waals surface area contributed by atoms with Gasteiger partial charge in [-0.25, -0.2) is 0 Å². The highest BCUT2D eigenvalue weighted by molar-refractivity contribution is 5.94. The number of hydrogen-bond donors (Lipinski definition) is 2. The van der Waals surface area contributed by atoms with E-state index in [4.69, 9.17) is 0 Å². The predicted octanol–water partition coefficient (Wildman–Crippen LogP) is 5.86. The summed E-state index contributed by atoms with van der Waals surface area (Å²) < 4.78 is 0. The second kappa shape index (κ2) is 7.24. The molecule has 0 spiro atoms. The molecule has 5 nitrogen and oxygen atoms in total. The third kappa shape index (κ3) is 3.34. The summed E-state index contributed by atoms with van der Waals surface area (Å²) in [4.78, 5) is 4.47. The summed E-state index contributed by atoms with van der Waals surface area (Å²) in [5, 5.41) is 21.8. The van der Waals surface area contributed by atoms with E-state index in [1.54, 1.807) is 0 Å². The molecule has 2 aromatic heterocycles. The first-order valence-electron chi connectivity index (χ1n) is 11.0. The molecule has 0 amide bonds. The van der Waals surface area contributed by atoms with Crippen molar-refractivity contribution in [2.75, 3.05) is 5.32 Å². The Morgan fingerprint density at radius 1 is 1.03 bits per heavy atom. The molecule has 1 fully saturated rings. The molecule has 1 atom stereocenters. The van der Waals surface area contributed by atoms with Gasteiger partial charge in [0.2, 0.25) is 0 Å². The van der Waals surface area contributed by atoms with E-state index in [9.17, 15) is 5.26 Å². The van der Waals surface area contributed by atoms with E-state index < -0.39 is 0 Å². The first-order valence-corrected chi connectivity index (χ1v) is 11.0. The van der Waals surface area contributed by atoms with Gasteiger partial charge in [0.25, 0.3) is 0 Å². The van der Waals surface area contributed by atoms with Crippen molar-refractivity contribution in [1.82, 2.24) is 15.2 Å². The minimum absolute atomic E-state index is 0.254. The van der Waals surface area contributed by atoms with Crippen LogP contribution < -0.4 is 5.32 Å². The van der Waals surface area contributed by atoms with Crippen molar-refractivity contribution < 1.29 is 0 Å². The van der Waals surface area contributed by atoms with Crippen molar-refractivity contribution in [2.45, 2.75) is 44.1 Å². The van der Waals surface area contributed by atoms with Crippen molar-refractivity contribution in [3.05, 3.63) is 77.1 Å². The summed E-state index contributed by atoms with van der Waals surface area (Å²) in [6.07, 6.45) is 9.67. The van der Waals surface area contributed by atoms with Crippen LogP contribution in [0.15, 0.2) is 54.9 Å². The summed E-state index contributed by atoms with van der Waals surface area (Å²) in [5.41, 5.74) is 8.79. The fourth-order valence-electron chi connectivity index (χ4n) is 4.79. The minimum atomic E-state index is 0.254. The number of hydrogen-bond acceptors (Lipinski definition) is 4. The topological polar surface area (TPSA) is 77.4 Å². The Morgan fingerprint density at radius 3 is 2.84 bits per heavy atom. The number of nitrogens with zero attached hydrogens (tertiary/aromatic N) is 3. The third-order valence-corrected chi connectivity index (χ3v) is 6.57. The monoisotopic (exact) mass is 405 g/mol. The number of pyridine rings is 1. The highest BCUT2D eigenvalue weighted by atomic mass is 15.1. The molecular weight excluding hydrogens is 382 g/mol. The molecule has 1 unspecified atom stereocenters. The standard InChI is InChI=1S/C26H23N5/c27-13-16-4-8-22-18(10-16)2-1-3-24(22)29-21-7-9-25-23(12-21)26(31-30-25)20-11-19(14-28-15-20)17-5-6-17/h4,7-12,14-15,17,24,29H,1-3,5-6H2,(H,30,31). The molecule has 2 aromatic carbocycles. The average Bonchev–Trinajstić information content (AvgIpc) is 3.58. The van der Waals surface area contributed by atoms with E-state index in [1.807, 2.05) is 24.5 Å². The van der Waals surface area contributed by atoms with Gasteiger partial charge in [-0.05, 0) is 91.1 Å². The summed E-state index contributed by atoms with van der Waals surface area (Å²) >= 11 is 0. The van der Waals surface area contributed by atoms with Crippen molar-refractivity contribution in [1.29, 1.82) is 5.26 Å². The smallest absolute Gasteiger partial charge is 0.102 e. The van der Waals surface area contributed by atoms with Crippen LogP contribution in [-0.4, -0.2) is 15.2 Å². The van der Waals surface area contributed by atoms with Crippen LogP contribution in [0.25, 0.3) is 22.2 Å². The fraction of sp³-hybridized carbons (Fsp3) is 0.269. The lowest BCUT2D eigenvalue weighted by molar-refractivity contribution is 0.600. The molecule has 0 saturated heterocycles. The molecule has 31 heavy (non-hydrogen) atoms. The Labute approximate surface area is 181 Å². The van der Waals surface area contributed by atoms with E-state index >= 15 is 0 Å². The Bertz CT molecular complexity index is 1330. The number of nitrogens with one attached hydrogen (secondary N) is 2. The van der Waals surface area contributed by atoms with Crippen LogP contribution in [0.4, 0.5) is 5.69 Å². The molecule has 2 N–H and O–H groups in total. The number of aromatic amines is 1. The lowest BCUT2D eigenvalue weighted by Crippen LogP contribution is -2.17. The molecule has 5 heteroatoms. The van der Waals surface area contributed by atoms with Gasteiger partial charge in [-0.1, -0.05) is 6.07 Å². The lowest BCUT2D eigenvalue weighted by Gasteiger charge is -2.27. The second-order valence-electron chi connectivity index (χ2n) is 8.73. The highest BCUT2D eigenvalue weighted by Crippen LogP contribution is 2.41. The van der Waals surface area contributed by atoms with E-state index in [0.29, 0.717) is 5.92 Å². The average molecular weight is 406 g/mol. The zero-order valence-corrected chi connectivity index (χ0v) is 17.2. The second-order valence-corrected chi connectivity index (χ2v) is 8.73. The number of anilines is 1. The first kappa shape index (κ1) is 18.1. The number of aryl methyl sites for hydroxylation is 1. The minimum Gasteiger partial charge on any atom is -0.378 e. The highest BCUT2D eigenvalue weighted by Gasteiger charge is 2.25. The van der Waals surface area contributed by atoms with Gasteiger partial charge < -0.3 is 5.32 Å². The molecule has 0 bridgehead atoms. The summed E-state index contributed by atoms with van der Waals surface area (Å²) in [5.74, 6) is 0.669. The number of aromatic nitrogens is 3. The van der Waals surface area contributed by atoms with Gasteiger partial charge in [0.05, 0.1) is 23.2 Å². The Kier molecular flexibility index (Phi) is 4.24. The van der Waals surface area contributed by atoms with E-state index in [-0.39, 0.29) is 6.04 Å². The van der Waals surface area contributed by atoms with Gasteiger partial charge in [-0.3, -0.25) is 10.1 Å². The maximum absolute atomic E-state index is 9.21. The quantitative estimate of drug-likeness (QED) is 0.445. The Balaban J connectivity index is 1.34. The van der Waals surface area contributed by atoms with Crippen molar-refractivity contribution >= 4 is 16.6 Å². The summed E-state index contributed by atoms with van der Waals surface area (Å²) in [7, 11) is 0. The number of rotatable bonds is 4. The van der Waals surface area contributed by atoms with Gasteiger partial charge in [-0.15, -0.1) is 0 Å². The molecular formula is C26H23N5. The van der Waals surface area contributed by atoms with Crippen LogP contribution in [0, 0.1) is 11.3 Å². The largest absolute Gasteiger partial charge is 0.378 e. The van der Waals surface area contributed by atoms with Crippen molar-refractivity contribution in [3.63, 3.8) is 0 Å². The molecule has 0 radical (unpaired) electrons. The van der Waals surface area contributed by atoms with Gasteiger partial charge in [-0.2, -0.15) is 10.4 Å². The molecule has 0 aliphatic heterocycles. The van der Waals surface area contributed by atoms with Crippen molar-refractivity contribution in [2.24, 2.45) is 0 Å². The SMILES string of the molecule is N#Cc1ccc2c(c1)CCCC2Nc1ccc2[nH]nc(-c3cncc(C4CC4)c3)c2c1. The summed E-state index contributed by atoms with van der Waals surface area (Å²) in [6.45, 7) is 0. The molecule has 1 saturated carbocycles. The maximum Gasteiger partial charge on any atom is 0.102 e. The van der Waals surface area contributed by atoms with Gasteiger partial charge in [0.15, 0.2) is 0 Å². The third-order valence-electron chi connectivity index (χ3n) is 6.57. The normalized spacial score (nSPS) is 17.8. The zero-order valence-electron chi connectivity index (χ0n) is 17.2. The first-order chi connectivity index (χ1) is 15.3. The maximum atomic E-state index is 9.21. The number of H-pyrrole nitrogens is 1. The van der Waals surface area contributed by atoms with E-state index in [1.165, 1.54) is 29.5 Å². The van der Waals surface area contributed by atoms with Crippen LogP contribution >= 0.6 is 0 Å². The Morgan fingerprint density at radius 2 is 1.97 bits per heavy atom. The van der Waals surface area contributed by atoms with Crippen molar-refractivity contribution in [3.8, 4) is 17.3 Å².